The highest BCUT2D eigenvalue weighted by Gasteiger charge is 2.36. The molecule has 0 atom stereocenters. The van der Waals surface area contributed by atoms with E-state index in [9.17, 15) is 9.67 Å². The molecule has 138 valence electrons. The van der Waals surface area contributed by atoms with Crippen molar-refractivity contribution < 1.29 is 18.7 Å². The lowest BCUT2D eigenvalue weighted by Crippen LogP contribution is -2.24. The van der Waals surface area contributed by atoms with Gasteiger partial charge in [-0.3, -0.25) is 4.57 Å². The van der Waals surface area contributed by atoms with Crippen molar-refractivity contribution in [1.29, 1.82) is 0 Å². The number of hydrogen-bond acceptors (Lipinski definition) is 4. The molecule has 24 heavy (non-hydrogen) atoms. The average molecular weight is 356 g/mol. The summed E-state index contributed by atoms with van der Waals surface area (Å²) in [6, 6.07) is 3.50. The molecule has 0 fully saturated rings. The van der Waals surface area contributed by atoms with Gasteiger partial charge >= 0.3 is 7.60 Å². The fourth-order valence-corrected chi connectivity index (χ4v) is 5.39. The molecule has 1 aromatic carbocycles. The molecule has 0 radical (unpaired) electrons. The van der Waals surface area contributed by atoms with Gasteiger partial charge in [-0.25, -0.2) is 0 Å². The van der Waals surface area contributed by atoms with Crippen LogP contribution in [-0.2, 0) is 32.6 Å². The van der Waals surface area contributed by atoms with Crippen LogP contribution in [0.3, 0.4) is 0 Å². The second kappa shape index (κ2) is 7.59. The first-order valence-electron chi connectivity index (χ1n) is 8.63. The van der Waals surface area contributed by atoms with E-state index in [1.807, 2.05) is 61.5 Å². The number of phenolic OH excluding ortho intramolecular Hbond substituents is 1. The predicted molar refractivity (Wildman–Crippen MR) is 99.8 cm³/mol. The van der Waals surface area contributed by atoms with E-state index in [-0.39, 0.29) is 6.16 Å². The van der Waals surface area contributed by atoms with Gasteiger partial charge < -0.3 is 14.2 Å². The molecular formula is C19H33O4P. The minimum absolute atomic E-state index is 0.206. The quantitative estimate of drug-likeness (QED) is 0.651. The smallest absolute Gasteiger partial charge is 0.336 e. The molecule has 0 aliphatic heterocycles. The number of hydrogen-bond donors (Lipinski definition) is 1. The summed E-state index contributed by atoms with van der Waals surface area (Å²) < 4.78 is 25.2. The summed E-state index contributed by atoms with van der Waals surface area (Å²) in [5.41, 5.74) is 1.72. The van der Waals surface area contributed by atoms with Crippen molar-refractivity contribution in [3.05, 3.63) is 28.8 Å². The van der Waals surface area contributed by atoms with E-state index in [4.69, 9.17) is 9.05 Å². The van der Waals surface area contributed by atoms with Crippen LogP contribution >= 0.6 is 7.60 Å². The summed E-state index contributed by atoms with van der Waals surface area (Å²) in [4.78, 5) is 0. The lowest BCUT2D eigenvalue weighted by molar-refractivity contribution is 0.0485. The standard InChI is InChI=1S/C19H33O4P/c1-9-15-14(11-12-17(20)16(15)10-2)13-24(21,22-18(3,4)5)23-19(6,7)8/h11-12,20H,9-10,13H2,1-8H3. The first-order valence-corrected chi connectivity index (χ1v) is 10.4. The van der Waals surface area contributed by atoms with Crippen molar-refractivity contribution in [3.8, 4) is 5.75 Å². The summed E-state index contributed by atoms with van der Waals surface area (Å²) in [6.07, 6.45) is 1.70. The Kier molecular flexibility index (Phi) is 6.71. The van der Waals surface area contributed by atoms with Crippen LogP contribution in [-0.4, -0.2) is 16.3 Å². The summed E-state index contributed by atoms with van der Waals surface area (Å²) in [5.74, 6) is 0.293. The molecule has 0 amide bonds. The molecule has 1 aromatic rings. The second-order valence-corrected chi connectivity index (χ2v) is 9.99. The number of aromatic hydroxyl groups is 1. The van der Waals surface area contributed by atoms with Crippen LogP contribution in [0.2, 0.25) is 0 Å². The molecule has 4 nitrogen and oxygen atoms in total. The van der Waals surface area contributed by atoms with E-state index in [1.165, 1.54) is 0 Å². The molecule has 0 aliphatic carbocycles. The van der Waals surface area contributed by atoms with Crippen molar-refractivity contribution >= 4 is 7.60 Å². The van der Waals surface area contributed by atoms with E-state index >= 15 is 0 Å². The maximum Gasteiger partial charge on any atom is 0.336 e. The van der Waals surface area contributed by atoms with Gasteiger partial charge in [0, 0.05) is 0 Å². The molecule has 0 saturated heterocycles. The van der Waals surface area contributed by atoms with E-state index in [1.54, 1.807) is 6.07 Å². The van der Waals surface area contributed by atoms with Gasteiger partial charge in [0.05, 0.1) is 17.4 Å². The van der Waals surface area contributed by atoms with E-state index < -0.39 is 18.8 Å². The molecule has 0 bridgehead atoms. The lowest BCUT2D eigenvalue weighted by atomic mass is 9.97. The molecular weight excluding hydrogens is 323 g/mol. The third kappa shape index (κ3) is 6.23. The maximum atomic E-state index is 13.5. The van der Waals surface area contributed by atoms with Gasteiger partial charge in [-0.05, 0) is 77.1 Å². The first kappa shape index (κ1) is 21.2. The highest BCUT2D eigenvalue weighted by Crippen LogP contribution is 2.57. The summed E-state index contributed by atoms with van der Waals surface area (Å²) in [6.45, 7) is 15.3. The van der Waals surface area contributed by atoms with E-state index in [0.29, 0.717) is 5.75 Å². The molecule has 0 unspecified atom stereocenters. The largest absolute Gasteiger partial charge is 0.508 e. The Balaban J connectivity index is 3.32. The van der Waals surface area contributed by atoms with Crippen molar-refractivity contribution in [3.63, 3.8) is 0 Å². The van der Waals surface area contributed by atoms with Crippen LogP contribution in [0.25, 0.3) is 0 Å². The van der Waals surface area contributed by atoms with Gasteiger partial charge in [0.1, 0.15) is 5.75 Å². The Hall–Kier alpha value is -0.830. The molecule has 0 heterocycles. The Morgan fingerprint density at radius 1 is 0.917 bits per heavy atom. The highest BCUT2D eigenvalue weighted by atomic mass is 31.2. The Morgan fingerprint density at radius 2 is 1.38 bits per heavy atom. The molecule has 5 heteroatoms. The van der Waals surface area contributed by atoms with Crippen molar-refractivity contribution in [2.24, 2.45) is 0 Å². The zero-order valence-electron chi connectivity index (χ0n) is 16.4. The zero-order chi connectivity index (χ0) is 18.8. The fraction of sp³-hybridized carbons (Fsp3) is 0.684. The van der Waals surface area contributed by atoms with Crippen LogP contribution in [0.4, 0.5) is 0 Å². The molecule has 0 aromatic heterocycles. The third-order valence-electron chi connectivity index (χ3n) is 3.40. The van der Waals surface area contributed by atoms with E-state index in [0.717, 1.165) is 29.5 Å². The van der Waals surface area contributed by atoms with Crippen molar-refractivity contribution in [1.82, 2.24) is 0 Å². The zero-order valence-corrected chi connectivity index (χ0v) is 17.3. The number of benzene rings is 1. The molecule has 0 saturated carbocycles. The highest BCUT2D eigenvalue weighted by molar-refractivity contribution is 7.53. The minimum Gasteiger partial charge on any atom is -0.508 e. The summed E-state index contributed by atoms with van der Waals surface area (Å²) in [5, 5.41) is 10.1. The number of rotatable bonds is 6. The topological polar surface area (TPSA) is 55.8 Å². The SMILES string of the molecule is CCc1c(O)ccc(CP(=O)(OC(C)(C)C)OC(C)(C)C)c1CC. The molecule has 1 rings (SSSR count). The molecule has 0 aliphatic rings. The maximum absolute atomic E-state index is 13.5. The molecule has 0 spiro atoms. The van der Waals surface area contributed by atoms with Crippen LogP contribution in [0, 0.1) is 0 Å². The van der Waals surface area contributed by atoms with Crippen LogP contribution in [0.1, 0.15) is 72.1 Å². The average Bonchev–Trinajstić information content (AvgIpc) is 2.35. The lowest BCUT2D eigenvalue weighted by Gasteiger charge is -2.32. The third-order valence-corrected chi connectivity index (χ3v) is 5.78. The monoisotopic (exact) mass is 356 g/mol. The van der Waals surface area contributed by atoms with Gasteiger partial charge in [-0.15, -0.1) is 0 Å². The first-order chi connectivity index (χ1) is 10.8. The van der Waals surface area contributed by atoms with Crippen LogP contribution in [0.5, 0.6) is 5.75 Å². The summed E-state index contributed by atoms with van der Waals surface area (Å²) >= 11 is 0. The van der Waals surface area contributed by atoms with Crippen LogP contribution in [0.15, 0.2) is 12.1 Å². The summed E-state index contributed by atoms with van der Waals surface area (Å²) in [7, 11) is -3.35. The normalized spacial score (nSPS) is 13.3. The van der Waals surface area contributed by atoms with Gasteiger partial charge in [0.2, 0.25) is 0 Å². The predicted octanol–water partition coefficient (Wildman–Crippen LogP) is 5.84. The van der Waals surface area contributed by atoms with Gasteiger partial charge in [-0.2, -0.15) is 0 Å². The van der Waals surface area contributed by atoms with Gasteiger partial charge in [0.25, 0.3) is 0 Å². The van der Waals surface area contributed by atoms with Gasteiger partial charge in [-0.1, -0.05) is 19.9 Å². The van der Waals surface area contributed by atoms with Crippen LogP contribution < -0.4 is 0 Å². The van der Waals surface area contributed by atoms with Crippen molar-refractivity contribution in [2.75, 3.05) is 0 Å². The second-order valence-electron chi connectivity index (χ2n) is 8.08. The van der Waals surface area contributed by atoms with E-state index in [2.05, 4.69) is 0 Å². The minimum atomic E-state index is -3.35. The number of phenols is 1. The Labute approximate surface area is 147 Å². The van der Waals surface area contributed by atoms with Gasteiger partial charge in [0.15, 0.2) is 0 Å². The Morgan fingerprint density at radius 3 is 1.75 bits per heavy atom. The fourth-order valence-electron chi connectivity index (χ4n) is 2.84. The Bertz CT molecular complexity index is 589. The molecule has 1 N–H and O–H groups in total. The van der Waals surface area contributed by atoms with Crippen molar-refractivity contribution in [2.45, 2.75) is 85.6 Å².